The summed E-state index contributed by atoms with van der Waals surface area (Å²) in [6, 6.07) is 7.29. The summed E-state index contributed by atoms with van der Waals surface area (Å²) in [5.41, 5.74) is 0.658. The summed E-state index contributed by atoms with van der Waals surface area (Å²) in [6.07, 6.45) is 4.43. The Morgan fingerprint density at radius 3 is 2.59 bits per heavy atom. The van der Waals surface area contributed by atoms with Crippen molar-refractivity contribution in [2.24, 2.45) is 0 Å². The van der Waals surface area contributed by atoms with Gasteiger partial charge in [0.1, 0.15) is 0 Å². The number of ketones is 1. The molecule has 0 radical (unpaired) electrons. The number of rotatable bonds is 4. The molecule has 1 aliphatic rings. The number of nitrogens with zero attached hydrogens (tertiary/aromatic N) is 1. The first-order valence-corrected chi connectivity index (χ1v) is 6.65. The Morgan fingerprint density at radius 1 is 1.18 bits per heavy atom. The lowest BCUT2D eigenvalue weighted by Gasteiger charge is -2.25. The Bertz CT molecular complexity index is 386. The Morgan fingerprint density at radius 2 is 1.88 bits per heavy atom. The number of hydrogen-bond acceptors (Lipinski definition) is 2. The average Bonchev–Trinajstić information content (AvgIpc) is 2.38. The van der Waals surface area contributed by atoms with Gasteiger partial charge in [-0.15, -0.1) is 0 Å². The molecular weight excluding hydrogens is 234 g/mol. The number of carbonyl (C=O) groups excluding carboxylic acids is 1. The molecule has 1 aromatic rings. The number of hydrogen-bond donors (Lipinski definition) is 0. The van der Waals surface area contributed by atoms with Gasteiger partial charge >= 0.3 is 0 Å². The molecule has 3 heteroatoms. The molecule has 0 amide bonds. The van der Waals surface area contributed by atoms with Crippen molar-refractivity contribution < 1.29 is 4.79 Å². The number of piperidine rings is 1. The molecule has 0 bridgehead atoms. The SMILES string of the molecule is O=C(CCN1CCCCC1)c1ccccc1Cl. The summed E-state index contributed by atoms with van der Waals surface area (Å²) in [6.45, 7) is 3.13. The average molecular weight is 252 g/mol. The molecule has 1 aromatic carbocycles. The number of likely N-dealkylation sites (tertiary alicyclic amines) is 1. The van der Waals surface area contributed by atoms with Gasteiger partial charge < -0.3 is 4.90 Å². The van der Waals surface area contributed by atoms with Crippen molar-refractivity contribution in [3.05, 3.63) is 34.9 Å². The monoisotopic (exact) mass is 251 g/mol. The van der Waals surface area contributed by atoms with Crippen molar-refractivity contribution >= 4 is 17.4 Å². The van der Waals surface area contributed by atoms with E-state index in [-0.39, 0.29) is 5.78 Å². The summed E-state index contributed by atoms with van der Waals surface area (Å²) in [7, 11) is 0. The second kappa shape index (κ2) is 6.18. The number of halogens is 1. The van der Waals surface area contributed by atoms with Crippen LogP contribution in [0.3, 0.4) is 0 Å². The number of benzene rings is 1. The molecule has 17 heavy (non-hydrogen) atoms. The highest BCUT2D eigenvalue weighted by molar-refractivity contribution is 6.33. The standard InChI is InChI=1S/C14H18ClNO/c15-13-7-3-2-6-12(13)14(17)8-11-16-9-4-1-5-10-16/h2-3,6-7H,1,4-5,8-11H2. The van der Waals surface area contributed by atoms with Crippen LogP contribution in [0.1, 0.15) is 36.0 Å². The van der Waals surface area contributed by atoms with Crippen LogP contribution in [0.15, 0.2) is 24.3 Å². The van der Waals surface area contributed by atoms with E-state index in [2.05, 4.69) is 4.90 Å². The van der Waals surface area contributed by atoms with Gasteiger partial charge in [-0.2, -0.15) is 0 Å². The third-order valence-electron chi connectivity index (χ3n) is 3.28. The van der Waals surface area contributed by atoms with Crippen LogP contribution in [0, 0.1) is 0 Å². The highest BCUT2D eigenvalue weighted by atomic mass is 35.5. The lowest BCUT2D eigenvalue weighted by Crippen LogP contribution is -2.31. The largest absolute Gasteiger partial charge is 0.303 e. The van der Waals surface area contributed by atoms with E-state index in [1.54, 1.807) is 12.1 Å². The van der Waals surface area contributed by atoms with Crippen LogP contribution in [0.4, 0.5) is 0 Å². The molecule has 0 unspecified atom stereocenters. The minimum Gasteiger partial charge on any atom is -0.303 e. The van der Waals surface area contributed by atoms with E-state index in [0.717, 1.165) is 19.6 Å². The molecule has 92 valence electrons. The molecule has 0 atom stereocenters. The van der Waals surface area contributed by atoms with Gasteiger partial charge in [0.15, 0.2) is 5.78 Å². The first kappa shape index (κ1) is 12.6. The van der Waals surface area contributed by atoms with E-state index in [1.165, 1.54) is 19.3 Å². The Balaban J connectivity index is 1.87. The normalized spacial score (nSPS) is 17.0. The topological polar surface area (TPSA) is 20.3 Å². The maximum Gasteiger partial charge on any atom is 0.165 e. The van der Waals surface area contributed by atoms with Gasteiger partial charge in [0, 0.05) is 18.5 Å². The van der Waals surface area contributed by atoms with Gasteiger partial charge in [-0.1, -0.05) is 30.2 Å². The zero-order chi connectivity index (χ0) is 12.1. The van der Waals surface area contributed by atoms with E-state index < -0.39 is 0 Å². The van der Waals surface area contributed by atoms with Crippen molar-refractivity contribution in [1.82, 2.24) is 4.90 Å². The lowest BCUT2D eigenvalue weighted by atomic mass is 10.1. The van der Waals surface area contributed by atoms with Gasteiger partial charge in [0.25, 0.3) is 0 Å². The molecule has 2 rings (SSSR count). The highest BCUT2D eigenvalue weighted by Crippen LogP contribution is 2.17. The molecule has 0 N–H and O–H groups in total. The Hall–Kier alpha value is -0.860. The summed E-state index contributed by atoms with van der Waals surface area (Å²) >= 11 is 6.01. The molecule has 0 aromatic heterocycles. The van der Waals surface area contributed by atoms with E-state index in [9.17, 15) is 4.79 Å². The van der Waals surface area contributed by atoms with E-state index in [0.29, 0.717) is 17.0 Å². The minimum absolute atomic E-state index is 0.154. The smallest absolute Gasteiger partial charge is 0.165 e. The zero-order valence-corrected chi connectivity index (χ0v) is 10.7. The zero-order valence-electron chi connectivity index (χ0n) is 9.99. The van der Waals surface area contributed by atoms with E-state index in [4.69, 9.17) is 11.6 Å². The molecule has 1 aliphatic heterocycles. The third kappa shape index (κ3) is 3.55. The van der Waals surface area contributed by atoms with Crippen molar-refractivity contribution in [3.8, 4) is 0 Å². The fourth-order valence-corrected chi connectivity index (χ4v) is 2.51. The third-order valence-corrected chi connectivity index (χ3v) is 3.61. The van der Waals surface area contributed by atoms with Crippen molar-refractivity contribution in [2.75, 3.05) is 19.6 Å². The van der Waals surface area contributed by atoms with Gasteiger partial charge in [-0.25, -0.2) is 0 Å². The first-order valence-electron chi connectivity index (χ1n) is 6.27. The van der Waals surface area contributed by atoms with E-state index >= 15 is 0 Å². The highest BCUT2D eigenvalue weighted by Gasteiger charge is 2.14. The number of Topliss-reactive ketones (excluding diaryl/α,β-unsaturated/α-hetero) is 1. The molecule has 0 aliphatic carbocycles. The molecule has 1 fully saturated rings. The number of carbonyl (C=O) groups is 1. The quantitative estimate of drug-likeness (QED) is 0.765. The summed E-state index contributed by atoms with van der Waals surface area (Å²) < 4.78 is 0. The first-order chi connectivity index (χ1) is 8.27. The van der Waals surface area contributed by atoms with Crippen LogP contribution in [0.2, 0.25) is 5.02 Å². The fourth-order valence-electron chi connectivity index (χ4n) is 2.26. The molecule has 0 spiro atoms. The van der Waals surface area contributed by atoms with Crippen LogP contribution < -0.4 is 0 Å². The second-order valence-electron chi connectivity index (χ2n) is 4.56. The maximum absolute atomic E-state index is 12.0. The van der Waals surface area contributed by atoms with Crippen LogP contribution in [0.5, 0.6) is 0 Å². The van der Waals surface area contributed by atoms with Crippen LogP contribution in [-0.4, -0.2) is 30.3 Å². The predicted octanol–water partition coefficient (Wildman–Crippen LogP) is 3.40. The van der Waals surface area contributed by atoms with Gasteiger partial charge in [-0.05, 0) is 38.1 Å². The van der Waals surface area contributed by atoms with Gasteiger partial charge in [-0.3, -0.25) is 4.79 Å². The van der Waals surface area contributed by atoms with Gasteiger partial charge in [0.05, 0.1) is 5.02 Å². The molecular formula is C14H18ClNO. The maximum atomic E-state index is 12.0. The predicted molar refractivity (Wildman–Crippen MR) is 70.7 cm³/mol. The molecule has 1 saturated heterocycles. The van der Waals surface area contributed by atoms with Gasteiger partial charge in [0.2, 0.25) is 0 Å². The summed E-state index contributed by atoms with van der Waals surface area (Å²) in [5.74, 6) is 0.154. The Kier molecular flexibility index (Phi) is 4.57. The van der Waals surface area contributed by atoms with Crippen molar-refractivity contribution in [1.29, 1.82) is 0 Å². The minimum atomic E-state index is 0.154. The lowest BCUT2D eigenvalue weighted by molar-refractivity contribution is 0.0959. The van der Waals surface area contributed by atoms with Crippen LogP contribution >= 0.6 is 11.6 Å². The van der Waals surface area contributed by atoms with Crippen molar-refractivity contribution in [2.45, 2.75) is 25.7 Å². The summed E-state index contributed by atoms with van der Waals surface area (Å²) in [5, 5.41) is 0.566. The van der Waals surface area contributed by atoms with Crippen LogP contribution in [-0.2, 0) is 0 Å². The fraction of sp³-hybridized carbons (Fsp3) is 0.500. The van der Waals surface area contributed by atoms with Crippen molar-refractivity contribution in [3.63, 3.8) is 0 Å². The molecule has 0 saturated carbocycles. The molecule has 2 nitrogen and oxygen atoms in total. The second-order valence-corrected chi connectivity index (χ2v) is 4.96. The van der Waals surface area contributed by atoms with E-state index in [1.807, 2.05) is 12.1 Å². The Labute approximate surface area is 108 Å². The summed E-state index contributed by atoms with van der Waals surface area (Å²) in [4.78, 5) is 14.4. The molecule has 1 heterocycles. The van der Waals surface area contributed by atoms with Crippen LogP contribution in [0.25, 0.3) is 0 Å².